The molecule has 2 aliphatic rings. The summed E-state index contributed by atoms with van der Waals surface area (Å²) in [7, 11) is 7.75. The molecule has 3 rings (SSSR count). The molecule has 0 bridgehead atoms. The minimum Gasteiger partial charge on any atom is -0.387 e. The van der Waals surface area contributed by atoms with Crippen molar-refractivity contribution in [2.24, 2.45) is 11.7 Å². The van der Waals surface area contributed by atoms with E-state index in [0.717, 1.165) is 62.7 Å². The van der Waals surface area contributed by atoms with Gasteiger partial charge in [0.25, 0.3) is 0 Å². The SMILES string of the molecule is CN(C)/C=C(\Cl)C=[N+](C)C.Cl.Clc1cnc(C2CCNCC2)nc1.N=C(N)C1CCNCC1.[2HH]. The number of hydrogen-bond acceptors (Lipinski definition) is 6. The van der Waals surface area contributed by atoms with Crippen LogP contribution in [-0.2, 0) is 0 Å². The zero-order chi connectivity index (χ0) is 23.9. The van der Waals surface area contributed by atoms with Crippen LogP contribution in [0.4, 0.5) is 0 Å². The second-order valence-corrected chi connectivity index (χ2v) is 9.21. The Morgan fingerprint density at radius 1 is 1.12 bits per heavy atom. The van der Waals surface area contributed by atoms with E-state index in [1.54, 1.807) is 12.4 Å². The number of piperidine rings is 2. The van der Waals surface area contributed by atoms with Gasteiger partial charge in [-0.2, -0.15) is 0 Å². The van der Waals surface area contributed by atoms with Crippen LogP contribution in [0.15, 0.2) is 23.6 Å². The van der Waals surface area contributed by atoms with E-state index in [-0.39, 0.29) is 13.8 Å². The highest BCUT2D eigenvalue weighted by Crippen LogP contribution is 2.21. The first kappa shape index (κ1) is 31.6. The summed E-state index contributed by atoms with van der Waals surface area (Å²) in [6, 6.07) is 0. The van der Waals surface area contributed by atoms with E-state index in [1.165, 1.54) is 0 Å². The van der Waals surface area contributed by atoms with Crippen molar-refractivity contribution in [1.82, 2.24) is 25.5 Å². The Balaban J connectivity index is 0. The molecule has 8 nitrogen and oxygen atoms in total. The van der Waals surface area contributed by atoms with Gasteiger partial charge in [-0.15, -0.1) is 12.4 Å². The molecule has 0 aliphatic carbocycles. The molecule has 5 N–H and O–H groups in total. The molecule has 0 amide bonds. The Hall–Kier alpha value is -1.45. The molecule has 0 atom stereocenters. The van der Waals surface area contributed by atoms with Gasteiger partial charge < -0.3 is 21.3 Å². The van der Waals surface area contributed by atoms with Gasteiger partial charge in [-0.05, 0) is 51.9 Å². The number of halogens is 3. The lowest BCUT2D eigenvalue weighted by Gasteiger charge is -2.20. The fraction of sp³-hybridized carbons (Fsp3) is 0.636. The van der Waals surface area contributed by atoms with Crippen molar-refractivity contribution in [2.45, 2.75) is 31.6 Å². The largest absolute Gasteiger partial charge is 0.387 e. The summed E-state index contributed by atoms with van der Waals surface area (Å²) in [5, 5.41) is 15.0. The number of nitrogens with zero attached hydrogens (tertiary/aromatic N) is 4. The van der Waals surface area contributed by atoms with Crippen LogP contribution < -0.4 is 16.4 Å². The molecular formula is C22H42Cl3N8+. The molecule has 0 saturated carbocycles. The molecule has 0 unspecified atom stereocenters. The van der Waals surface area contributed by atoms with Crippen LogP contribution in [0.2, 0.25) is 5.02 Å². The zero-order valence-electron chi connectivity index (χ0n) is 20.2. The molecule has 190 valence electrons. The first-order valence-corrected chi connectivity index (χ1v) is 11.7. The highest BCUT2D eigenvalue weighted by Gasteiger charge is 2.17. The lowest BCUT2D eigenvalue weighted by molar-refractivity contribution is -0.458. The Bertz CT molecular complexity index is 728. The third-order valence-corrected chi connectivity index (χ3v) is 5.28. The number of nitrogens with one attached hydrogen (secondary N) is 3. The molecule has 1 aromatic heterocycles. The topological polar surface area (TPSA) is 106 Å². The van der Waals surface area contributed by atoms with Crippen LogP contribution in [0.25, 0.3) is 0 Å². The molecule has 2 aliphatic heterocycles. The number of aromatic nitrogens is 2. The van der Waals surface area contributed by atoms with Crippen LogP contribution in [0.1, 0.15) is 38.9 Å². The van der Waals surface area contributed by atoms with Gasteiger partial charge in [-0.25, -0.2) is 14.5 Å². The molecule has 0 radical (unpaired) electrons. The van der Waals surface area contributed by atoms with Gasteiger partial charge >= 0.3 is 0 Å². The van der Waals surface area contributed by atoms with Gasteiger partial charge in [-0.1, -0.05) is 23.2 Å². The monoisotopic (exact) mass is 524 g/mol. The van der Waals surface area contributed by atoms with Crippen LogP contribution in [-0.4, -0.2) is 85.9 Å². The maximum atomic E-state index is 7.14. The van der Waals surface area contributed by atoms with Gasteiger partial charge in [0.05, 0.1) is 10.9 Å². The average molecular weight is 526 g/mol. The molecule has 11 heteroatoms. The number of nitrogens with two attached hydrogens (primary N) is 1. The molecule has 33 heavy (non-hydrogen) atoms. The molecule has 0 spiro atoms. The maximum Gasteiger partial charge on any atom is 0.183 e. The van der Waals surface area contributed by atoms with E-state index in [9.17, 15) is 0 Å². The second-order valence-electron chi connectivity index (χ2n) is 8.33. The van der Waals surface area contributed by atoms with E-state index in [0.29, 0.717) is 22.7 Å². The van der Waals surface area contributed by atoms with Crippen molar-refractivity contribution in [3.8, 4) is 0 Å². The third-order valence-electron chi connectivity index (χ3n) is 4.89. The number of amidine groups is 1. The van der Waals surface area contributed by atoms with Crippen LogP contribution in [0.3, 0.4) is 0 Å². The highest BCUT2D eigenvalue weighted by molar-refractivity contribution is 6.38. The summed E-state index contributed by atoms with van der Waals surface area (Å²) < 4.78 is 1.91. The lowest BCUT2D eigenvalue weighted by atomic mass is 9.97. The van der Waals surface area contributed by atoms with Crippen LogP contribution >= 0.6 is 35.6 Å². The second kappa shape index (κ2) is 18.0. The minimum atomic E-state index is 0. The average Bonchev–Trinajstić information content (AvgIpc) is 2.75. The molecule has 1 aromatic rings. The lowest BCUT2D eigenvalue weighted by Crippen LogP contribution is -2.34. The summed E-state index contributed by atoms with van der Waals surface area (Å²) in [4.78, 5) is 10.4. The standard InChI is InChI=1S/C9H12ClN3.C7H14ClN2.C6H13N3.ClH.H2/c10-8-5-12-9(13-6-8)7-1-3-11-4-2-7;1-9(2)5-7(8)6-10(3)4;7-6(8)5-1-3-9-4-2-5;;/h5-7,11H,1-4H2;5-6H,1-4H3;5,9H,1-4H2,(H3,7,8);2*1H/q;+1;;;/i;;;;1+1. The molecule has 2 fully saturated rings. The molecule has 2 saturated heterocycles. The fourth-order valence-corrected chi connectivity index (χ4v) is 3.76. The van der Waals surface area contributed by atoms with Crippen molar-refractivity contribution in [2.75, 3.05) is 54.4 Å². The van der Waals surface area contributed by atoms with E-state index < -0.39 is 0 Å². The van der Waals surface area contributed by atoms with Crippen LogP contribution in [0.5, 0.6) is 0 Å². The van der Waals surface area contributed by atoms with E-state index in [1.807, 2.05) is 50.1 Å². The van der Waals surface area contributed by atoms with Crippen molar-refractivity contribution in [1.29, 1.82) is 5.41 Å². The summed E-state index contributed by atoms with van der Waals surface area (Å²) in [5.74, 6) is 2.16. The van der Waals surface area contributed by atoms with E-state index in [2.05, 4.69) is 20.6 Å². The smallest absolute Gasteiger partial charge is 0.183 e. The third kappa shape index (κ3) is 15.1. The first-order valence-electron chi connectivity index (χ1n) is 11.0. The Morgan fingerprint density at radius 3 is 2.00 bits per heavy atom. The van der Waals surface area contributed by atoms with Crippen LogP contribution in [0, 0.1) is 11.3 Å². The fourth-order valence-electron chi connectivity index (χ4n) is 3.27. The minimum absolute atomic E-state index is 0. The number of rotatable bonds is 4. The molecule has 3 heterocycles. The van der Waals surface area contributed by atoms with Gasteiger partial charge in [0.1, 0.15) is 25.0 Å². The van der Waals surface area contributed by atoms with Gasteiger partial charge in [0.15, 0.2) is 6.21 Å². The number of allylic oxidation sites excluding steroid dienone is 1. The van der Waals surface area contributed by atoms with Crippen molar-refractivity contribution in [3.05, 3.63) is 34.5 Å². The first-order chi connectivity index (χ1) is 15.2. The number of hydrogen-bond donors (Lipinski definition) is 4. The van der Waals surface area contributed by atoms with Crippen molar-refractivity contribution >= 4 is 47.7 Å². The van der Waals surface area contributed by atoms with Crippen molar-refractivity contribution in [3.63, 3.8) is 0 Å². The zero-order valence-corrected chi connectivity index (χ0v) is 22.5. The van der Waals surface area contributed by atoms with E-state index >= 15 is 0 Å². The predicted octanol–water partition coefficient (Wildman–Crippen LogP) is 3.16. The Morgan fingerprint density at radius 2 is 1.61 bits per heavy atom. The highest BCUT2D eigenvalue weighted by atomic mass is 35.5. The summed E-state index contributed by atoms with van der Waals surface area (Å²) >= 11 is 11.5. The van der Waals surface area contributed by atoms with E-state index in [4.69, 9.17) is 34.3 Å². The summed E-state index contributed by atoms with van der Waals surface area (Å²) in [5.41, 5.74) is 5.32. The molecular weight excluding hydrogens is 483 g/mol. The molecule has 0 aromatic carbocycles. The van der Waals surface area contributed by atoms with Gasteiger partial charge in [0, 0.05) is 46.0 Å². The van der Waals surface area contributed by atoms with Crippen molar-refractivity contribution < 1.29 is 6.00 Å². The summed E-state index contributed by atoms with van der Waals surface area (Å²) in [6.07, 6.45) is 11.4. The Labute approximate surface area is 216 Å². The summed E-state index contributed by atoms with van der Waals surface area (Å²) in [6.45, 7) is 4.17. The maximum absolute atomic E-state index is 7.14. The normalized spacial score (nSPS) is 16.7. The Kier molecular flexibility index (Phi) is 17.2. The predicted molar refractivity (Wildman–Crippen MR) is 145 cm³/mol. The quantitative estimate of drug-likeness (QED) is 0.273. The van der Waals surface area contributed by atoms with Gasteiger partial charge in [-0.3, -0.25) is 5.41 Å². The van der Waals surface area contributed by atoms with Gasteiger partial charge in [0.2, 0.25) is 0 Å².